The van der Waals surface area contributed by atoms with Crippen LogP contribution < -0.4 is 5.32 Å². The Bertz CT molecular complexity index is 1170. The summed E-state index contributed by atoms with van der Waals surface area (Å²) in [6.07, 6.45) is 9.34. The molecule has 0 amide bonds. The summed E-state index contributed by atoms with van der Waals surface area (Å²) in [4.78, 5) is 1.50. The first kappa shape index (κ1) is 30.0. The molecule has 0 aliphatic rings. The summed E-state index contributed by atoms with van der Waals surface area (Å²) in [5, 5.41) is 25.7. The van der Waals surface area contributed by atoms with Crippen molar-refractivity contribution in [3.05, 3.63) is 71.8 Å². The molecule has 0 bridgehead atoms. The van der Waals surface area contributed by atoms with Crippen molar-refractivity contribution in [3.8, 4) is 11.5 Å². The van der Waals surface area contributed by atoms with E-state index in [-0.39, 0.29) is 22.3 Å². The Morgan fingerprint density at radius 1 is 0.711 bits per heavy atom. The van der Waals surface area contributed by atoms with Gasteiger partial charge in [0.1, 0.15) is 11.5 Å². The standard InChI is InChI=1S/C34H47NO2S/c1-7-9-14-22-33(3,4)25-18-20-28(36)30(24-25)38-32-29(37)21-19-27(34(5,6)23-15-10-8-2)31(32)35-26-16-12-11-13-17-26/h11-13,16-21,24,35-37H,7-10,14-15,22-23H2,1-6H3. The van der Waals surface area contributed by atoms with Crippen LogP contribution in [0.4, 0.5) is 11.4 Å². The Balaban J connectivity index is 2.06. The summed E-state index contributed by atoms with van der Waals surface area (Å²) < 4.78 is 0. The molecular formula is C34H47NO2S. The first-order chi connectivity index (χ1) is 18.1. The van der Waals surface area contributed by atoms with E-state index < -0.39 is 0 Å². The smallest absolute Gasteiger partial charge is 0.131 e. The van der Waals surface area contributed by atoms with Crippen LogP contribution in [-0.2, 0) is 10.8 Å². The molecule has 0 aliphatic heterocycles. The van der Waals surface area contributed by atoms with E-state index in [1.165, 1.54) is 55.0 Å². The molecule has 0 aliphatic carbocycles. The maximum Gasteiger partial charge on any atom is 0.131 e. The van der Waals surface area contributed by atoms with Gasteiger partial charge in [-0.3, -0.25) is 0 Å². The van der Waals surface area contributed by atoms with Crippen LogP contribution in [0.2, 0.25) is 0 Å². The van der Waals surface area contributed by atoms with Gasteiger partial charge in [0, 0.05) is 5.69 Å². The third kappa shape index (κ3) is 7.72. The average Bonchev–Trinajstić information content (AvgIpc) is 2.87. The molecule has 0 saturated heterocycles. The molecule has 4 heteroatoms. The van der Waals surface area contributed by atoms with E-state index in [4.69, 9.17) is 0 Å². The highest BCUT2D eigenvalue weighted by Crippen LogP contribution is 2.49. The average molecular weight is 534 g/mol. The fourth-order valence-electron chi connectivity index (χ4n) is 5.07. The number of phenolic OH excluding ortho intramolecular Hbond substituents is 2. The number of anilines is 2. The van der Waals surface area contributed by atoms with Crippen LogP contribution in [0.1, 0.15) is 104 Å². The van der Waals surface area contributed by atoms with Crippen molar-refractivity contribution < 1.29 is 10.2 Å². The van der Waals surface area contributed by atoms with E-state index in [1.807, 2.05) is 42.5 Å². The molecule has 3 N–H and O–H groups in total. The quantitative estimate of drug-likeness (QED) is 0.180. The number of phenols is 2. The molecule has 0 heterocycles. The Morgan fingerprint density at radius 3 is 1.95 bits per heavy atom. The fourth-order valence-corrected chi connectivity index (χ4v) is 6.08. The van der Waals surface area contributed by atoms with Gasteiger partial charge >= 0.3 is 0 Å². The minimum atomic E-state index is -0.0829. The van der Waals surface area contributed by atoms with Crippen molar-refractivity contribution >= 4 is 23.1 Å². The number of rotatable bonds is 14. The number of aromatic hydroxyl groups is 2. The van der Waals surface area contributed by atoms with E-state index in [1.54, 1.807) is 6.07 Å². The molecule has 0 atom stereocenters. The molecule has 0 fully saturated rings. The van der Waals surface area contributed by atoms with E-state index in [0.717, 1.165) is 40.4 Å². The van der Waals surface area contributed by atoms with Gasteiger partial charge in [-0.25, -0.2) is 0 Å². The van der Waals surface area contributed by atoms with Gasteiger partial charge in [0.05, 0.1) is 15.5 Å². The molecule has 0 unspecified atom stereocenters. The lowest BCUT2D eigenvalue weighted by atomic mass is 9.79. The van der Waals surface area contributed by atoms with Gasteiger partial charge in [-0.05, 0) is 65.1 Å². The Kier molecular flexibility index (Phi) is 10.6. The second kappa shape index (κ2) is 13.5. The number of unbranched alkanes of at least 4 members (excludes halogenated alkanes) is 4. The van der Waals surface area contributed by atoms with E-state index >= 15 is 0 Å². The van der Waals surface area contributed by atoms with Crippen molar-refractivity contribution in [2.45, 2.75) is 114 Å². The minimum absolute atomic E-state index is 0.00839. The molecule has 0 radical (unpaired) electrons. The molecule has 38 heavy (non-hydrogen) atoms. The molecule has 0 spiro atoms. The van der Waals surface area contributed by atoms with Crippen molar-refractivity contribution in [3.63, 3.8) is 0 Å². The van der Waals surface area contributed by atoms with Gasteiger partial charge in [-0.2, -0.15) is 0 Å². The van der Waals surface area contributed by atoms with E-state index in [0.29, 0.717) is 0 Å². The summed E-state index contributed by atoms with van der Waals surface area (Å²) in [5.74, 6) is 0.453. The number of hydrogen-bond donors (Lipinski definition) is 3. The second-order valence-corrected chi connectivity index (χ2v) is 12.8. The summed E-state index contributed by atoms with van der Waals surface area (Å²) >= 11 is 1.44. The van der Waals surface area contributed by atoms with Gasteiger partial charge in [0.15, 0.2) is 0 Å². The maximum atomic E-state index is 11.2. The van der Waals surface area contributed by atoms with Crippen LogP contribution >= 0.6 is 11.8 Å². The first-order valence-electron chi connectivity index (χ1n) is 14.3. The molecule has 0 saturated carbocycles. The molecule has 3 nitrogen and oxygen atoms in total. The van der Waals surface area contributed by atoms with Crippen LogP contribution in [0.15, 0.2) is 70.5 Å². The van der Waals surface area contributed by atoms with Crippen molar-refractivity contribution in [2.24, 2.45) is 0 Å². The van der Waals surface area contributed by atoms with Crippen molar-refractivity contribution in [1.29, 1.82) is 0 Å². The summed E-state index contributed by atoms with van der Waals surface area (Å²) in [7, 11) is 0. The molecule has 3 rings (SSSR count). The van der Waals surface area contributed by atoms with Gasteiger partial charge in [-0.15, -0.1) is 0 Å². The van der Waals surface area contributed by atoms with Gasteiger partial charge in [0.2, 0.25) is 0 Å². The SMILES string of the molecule is CCCCCC(C)(C)c1ccc(O)c(Sc2c(O)ccc(C(C)(C)CCCCC)c2Nc2ccccc2)c1. The van der Waals surface area contributed by atoms with Gasteiger partial charge in [-0.1, -0.05) is 122 Å². The Morgan fingerprint density at radius 2 is 1.32 bits per heavy atom. The lowest BCUT2D eigenvalue weighted by molar-refractivity contribution is 0.441. The predicted molar refractivity (Wildman–Crippen MR) is 164 cm³/mol. The first-order valence-corrected chi connectivity index (χ1v) is 15.1. The highest BCUT2D eigenvalue weighted by atomic mass is 32.2. The lowest BCUT2D eigenvalue weighted by Gasteiger charge is -2.30. The zero-order chi connectivity index (χ0) is 27.8. The largest absolute Gasteiger partial charge is 0.507 e. The number of nitrogens with one attached hydrogen (secondary N) is 1. The molecule has 206 valence electrons. The molecule has 3 aromatic carbocycles. The zero-order valence-corrected chi connectivity index (χ0v) is 25.0. The molecule has 3 aromatic rings. The zero-order valence-electron chi connectivity index (χ0n) is 24.2. The van der Waals surface area contributed by atoms with Crippen molar-refractivity contribution in [1.82, 2.24) is 0 Å². The van der Waals surface area contributed by atoms with E-state index in [9.17, 15) is 10.2 Å². The highest BCUT2D eigenvalue weighted by Gasteiger charge is 2.28. The minimum Gasteiger partial charge on any atom is -0.507 e. The van der Waals surface area contributed by atoms with E-state index in [2.05, 4.69) is 59.0 Å². The van der Waals surface area contributed by atoms with Gasteiger partial charge in [0.25, 0.3) is 0 Å². The highest BCUT2D eigenvalue weighted by molar-refractivity contribution is 7.99. The van der Waals surface area contributed by atoms with Crippen LogP contribution in [-0.4, -0.2) is 10.2 Å². The molecular weight excluding hydrogens is 486 g/mol. The predicted octanol–water partition coefficient (Wildman–Crippen LogP) is 10.7. The van der Waals surface area contributed by atoms with Crippen LogP contribution in [0.3, 0.4) is 0 Å². The lowest BCUT2D eigenvalue weighted by Crippen LogP contribution is -2.19. The van der Waals surface area contributed by atoms with Crippen LogP contribution in [0, 0.1) is 0 Å². The third-order valence-corrected chi connectivity index (χ3v) is 8.84. The number of benzene rings is 3. The van der Waals surface area contributed by atoms with Crippen LogP contribution in [0.25, 0.3) is 0 Å². The van der Waals surface area contributed by atoms with Crippen molar-refractivity contribution in [2.75, 3.05) is 5.32 Å². The third-order valence-electron chi connectivity index (χ3n) is 7.67. The summed E-state index contributed by atoms with van der Waals surface area (Å²) in [6, 6.07) is 19.9. The maximum absolute atomic E-state index is 11.2. The molecule has 0 aromatic heterocycles. The van der Waals surface area contributed by atoms with Crippen LogP contribution in [0.5, 0.6) is 11.5 Å². The number of para-hydroxylation sites is 1. The Labute approximate surface area is 235 Å². The summed E-state index contributed by atoms with van der Waals surface area (Å²) in [5.41, 5.74) is 4.19. The summed E-state index contributed by atoms with van der Waals surface area (Å²) in [6.45, 7) is 13.6. The fraction of sp³-hybridized carbons (Fsp3) is 0.471. The normalized spacial score (nSPS) is 12.1. The topological polar surface area (TPSA) is 52.5 Å². The van der Waals surface area contributed by atoms with Gasteiger partial charge < -0.3 is 15.5 Å². The number of hydrogen-bond acceptors (Lipinski definition) is 4. The Hall–Kier alpha value is -2.59. The second-order valence-electron chi connectivity index (χ2n) is 11.8. The monoisotopic (exact) mass is 533 g/mol.